The van der Waals surface area contributed by atoms with E-state index in [0.717, 1.165) is 6.54 Å². The minimum Gasteiger partial charge on any atom is -0.352 e. The maximum absolute atomic E-state index is 10.3. The molecule has 0 aromatic heterocycles. The molecule has 0 unspecified atom stereocenters. The molecule has 0 aliphatic heterocycles. The Morgan fingerprint density at radius 2 is 0.900 bits per heavy atom. The van der Waals surface area contributed by atoms with Gasteiger partial charge in [0.15, 0.2) is 0 Å². The second kappa shape index (κ2) is 45.2. The van der Waals surface area contributed by atoms with Crippen molar-refractivity contribution in [3.05, 3.63) is 0 Å². The highest BCUT2D eigenvalue weighted by molar-refractivity contribution is 6.10. The summed E-state index contributed by atoms with van der Waals surface area (Å²) in [5.41, 5.74) is 27.1. The number of nitrogens with one attached hydrogen (secondary N) is 4. The van der Waals surface area contributed by atoms with Gasteiger partial charge in [-0.2, -0.15) is 0 Å². The Kier molecular flexibility index (Phi) is 62.6. The van der Waals surface area contributed by atoms with E-state index >= 15 is 0 Å². The van der Waals surface area contributed by atoms with E-state index in [0.29, 0.717) is 6.54 Å². The van der Waals surface area contributed by atoms with Crippen LogP contribution in [0.15, 0.2) is 0 Å². The highest BCUT2D eigenvalue weighted by atomic mass is 16.2. The Morgan fingerprint density at radius 1 is 0.667 bits per heavy atom. The van der Waals surface area contributed by atoms with Crippen LogP contribution in [0, 0.1) is 0 Å². The summed E-state index contributed by atoms with van der Waals surface area (Å²) in [4.78, 5) is 38.6. The van der Waals surface area contributed by atoms with Crippen molar-refractivity contribution in [2.75, 3.05) is 38.9 Å². The maximum atomic E-state index is 10.3. The molecule has 18 heteroatoms. The Bertz CT molecular complexity index is 355. The lowest BCUT2D eigenvalue weighted by molar-refractivity contribution is 0.242. The summed E-state index contributed by atoms with van der Waals surface area (Å²) in [5, 5.41) is 9.14. The predicted molar refractivity (Wildman–Crippen MR) is 123 cm³/mol. The summed E-state index contributed by atoms with van der Waals surface area (Å²) < 4.78 is 0. The number of urea groups is 4. The Labute approximate surface area is 183 Å². The van der Waals surface area contributed by atoms with Crippen LogP contribution >= 0.6 is 0 Å². The Balaban J connectivity index is -0.0000000599. The van der Waals surface area contributed by atoms with Gasteiger partial charge in [0.25, 0.3) is 0 Å². The highest BCUT2D eigenvalue weighted by Crippen LogP contribution is 1.58. The average Bonchev–Trinajstić information content (AvgIpc) is 2.57. The van der Waals surface area contributed by atoms with E-state index in [1.807, 2.05) is 13.8 Å². The monoisotopic (exact) mass is 426 g/mol. The van der Waals surface area contributed by atoms with Crippen molar-refractivity contribution in [3.8, 4) is 0 Å². The molecule has 0 aromatic rings. The van der Waals surface area contributed by atoms with Crippen molar-refractivity contribution in [2.45, 2.75) is 13.8 Å². The molecule has 16 N–H and O–H groups in total. The van der Waals surface area contributed by atoms with Gasteiger partial charge in [-0.05, 0) is 39.2 Å². The third-order valence-electron chi connectivity index (χ3n) is 1.15. The van der Waals surface area contributed by atoms with Crippen LogP contribution in [-0.2, 0) is 0 Å². The van der Waals surface area contributed by atoms with Crippen molar-refractivity contribution in [1.29, 1.82) is 0 Å². The smallest absolute Gasteiger partial charge is 0.314 e. The molecular weight excluding hydrogens is 391 g/mol. The molecule has 0 saturated heterocycles. The van der Waals surface area contributed by atoms with Crippen LogP contribution in [-0.4, -0.2) is 94.4 Å². The van der Waals surface area contributed by atoms with Crippen LogP contribution in [0.25, 0.3) is 0 Å². The molecule has 0 spiro atoms. The van der Waals surface area contributed by atoms with Crippen molar-refractivity contribution in [2.24, 2.45) is 34.4 Å². The number of carbonyl (C=O) groups excluding carboxylic acids is 4. The molecule has 30 heavy (non-hydrogen) atoms. The summed E-state index contributed by atoms with van der Waals surface area (Å²) in [6.07, 6.45) is 0.649. The van der Waals surface area contributed by atoms with Crippen LogP contribution < -0.4 is 55.7 Å². The van der Waals surface area contributed by atoms with Gasteiger partial charge in [0, 0.05) is 6.54 Å². The molecule has 168 valence electrons. The highest BCUT2D eigenvalue weighted by Gasteiger charge is 1.89. The lowest BCUT2D eigenvalue weighted by Gasteiger charge is -2.00. The van der Waals surface area contributed by atoms with Gasteiger partial charge in [0.05, 0.1) is 31.4 Å². The number of hydrogen-bond acceptors (Lipinski definition) is 6. The normalized spacial score (nSPS) is 7.07. The molecule has 8 amide bonds. The first kappa shape index (κ1) is 41.6. The number of amides is 8. The van der Waals surface area contributed by atoms with E-state index in [1.54, 1.807) is 0 Å². The number of rotatable bonds is 4. The quantitative estimate of drug-likeness (QED) is 0.197. The first-order chi connectivity index (χ1) is 13.9. The van der Waals surface area contributed by atoms with Gasteiger partial charge in [-0.1, -0.05) is 6.92 Å². The predicted octanol–water partition coefficient (Wildman–Crippen LogP) is -4.95. The second-order valence-corrected chi connectivity index (χ2v) is 3.78. The van der Waals surface area contributed by atoms with E-state index in [-0.39, 0.29) is 31.8 Å². The molecule has 14 nitrogen and oxygen atoms in total. The van der Waals surface area contributed by atoms with E-state index in [2.05, 4.69) is 57.8 Å². The zero-order valence-corrected chi connectivity index (χ0v) is 17.6. The molecule has 0 aliphatic rings. The van der Waals surface area contributed by atoms with Gasteiger partial charge in [-0.15, -0.1) is 0 Å². The van der Waals surface area contributed by atoms with Gasteiger partial charge in [-0.3, -0.25) is 0 Å². The summed E-state index contributed by atoms with van der Waals surface area (Å²) >= 11 is 0. The fourth-order valence-corrected chi connectivity index (χ4v) is 0.517. The molecular formula is C12H34B4N10O4. The minimum atomic E-state index is -0.833. The molecule has 0 rings (SSSR count). The summed E-state index contributed by atoms with van der Waals surface area (Å²) in [5.74, 6) is 0. The lowest BCUT2D eigenvalue weighted by atomic mass is 10.2. The van der Waals surface area contributed by atoms with E-state index in [1.165, 1.54) is 0 Å². The van der Waals surface area contributed by atoms with Gasteiger partial charge in [0.2, 0.25) is 0 Å². The van der Waals surface area contributed by atoms with Gasteiger partial charge >= 0.3 is 24.1 Å². The molecule has 0 bridgehead atoms. The second-order valence-electron chi connectivity index (χ2n) is 3.78. The zero-order valence-electron chi connectivity index (χ0n) is 17.6. The van der Waals surface area contributed by atoms with Crippen LogP contribution in [0.3, 0.4) is 0 Å². The minimum absolute atomic E-state index is 0.106. The van der Waals surface area contributed by atoms with E-state index in [4.69, 9.17) is 34.1 Å². The number of nitrogens with two attached hydrogens (primary N) is 6. The van der Waals surface area contributed by atoms with Crippen molar-refractivity contribution < 1.29 is 19.2 Å². The summed E-state index contributed by atoms with van der Waals surface area (Å²) in [6.45, 7) is 5.13. The topological polar surface area (TPSA) is 273 Å². The lowest BCUT2D eigenvalue weighted by Crippen LogP contribution is -2.35. The van der Waals surface area contributed by atoms with Gasteiger partial charge in [0.1, 0.15) is 0 Å². The van der Waals surface area contributed by atoms with E-state index < -0.39 is 18.1 Å². The molecule has 0 aliphatic carbocycles. The van der Waals surface area contributed by atoms with Crippen molar-refractivity contribution >= 4 is 55.5 Å². The first-order valence-electron chi connectivity index (χ1n) is 8.25. The number of carbonyl (C=O) groups is 4. The number of primary amides is 4. The fraction of sp³-hybridized carbons (Fsp3) is 0.667. The average molecular weight is 426 g/mol. The molecule has 0 fully saturated rings. The molecule has 0 atom stereocenters. The Morgan fingerprint density at radius 3 is 1.00 bits per heavy atom. The van der Waals surface area contributed by atoms with E-state index in [9.17, 15) is 14.4 Å². The van der Waals surface area contributed by atoms with Crippen LogP contribution in [0.4, 0.5) is 19.2 Å². The Hall–Kier alpha value is -2.74. The largest absolute Gasteiger partial charge is 0.352 e. The van der Waals surface area contributed by atoms with Crippen molar-refractivity contribution in [1.82, 2.24) is 21.3 Å². The third kappa shape index (κ3) is 173. The first-order valence-corrected chi connectivity index (χ1v) is 8.25. The third-order valence-corrected chi connectivity index (χ3v) is 1.15. The standard InChI is InChI=1S/C4H9BN2O.2C2H5BN2O.C2H7N.CH4BN.CH4N2O/c1-2-6-4(8)7-3-5;2*3-1-5-2(4)6;1-2-3;2-1-3;2-1(3)4/h2-3H2,1H3,(H2,6,7,8);2*1H2,(H3,4,5,6);2-3H2,1H3;1,3H2;(H4,2,3,4). The summed E-state index contributed by atoms with van der Waals surface area (Å²) in [6, 6.07) is -2.22. The van der Waals surface area contributed by atoms with Gasteiger partial charge < -0.3 is 55.7 Å². The van der Waals surface area contributed by atoms with Gasteiger partial charge in [-0.25, -0.2) is 19.2 Å². The van der Waals surface area contributed by atoms with Crippen LogP contribution in [0.2, 0.25) is 0 Å². The summed E-state index contributed by atoms with van der Waals surface area (Å²) in [7, 11) is 19.2. The maximum Gasteiger partial charge on any atom is 0.314 e. The fourth-order valence-electron chi connectivity index (χ4n) is 0.517. The molecule has 0 aromatic carbocycles. The molecule has 0 heterocycles. The SMILES string of the molecule is CCN.NC(N)=O.[B]CN.[B]CNC(=O)NCC.[B]CNC(N)=O.[B]CNC(N)=O. The molecule has 0 saturated carbocycles. The van der Waals surface area contributed by atoms with Crippen molar-refractivity contribution in [3.63, 3.8) is 0 Å². The zero-order chi connectivity index (χ0) is 25.4. The molecule has 8 radical (unpaired) electrons. The number of hydrogen-bond donors (Lipinski definition) is 10. The van der Waals surface area contributed by atoms with Crippen LogP contribution in [0.1, 0.15) is 13.8 Å². The van der Waals surface area contributed by atoms with Crippen LogP contribution in [0.5, 0.6) is 0 Å².